The van der Waals surface area contributed by atoms with Gasteiger partial charge in [-0.15, -0.1) is 0 Å². The van der Waals surface area contributed by atoms with Crippen molar-refractivity contribution < 1.29 is 14.0 Å². The molecule has 1 fully saturated rings. The summed E-state index contributed by atoms with van der Waals surface area (Å²) in [6, 6.07) is 11.3. The molecule has 33 heavy (non-hydrogen) atoms. The molecular formula is C23H22N6O3S. The predicted molar refractivity (Wildman–Crippen MR) is 123 cm³/mol. The molecule has 0 spiro atoms. The van der Waals surface area contributed by atoms with Crippen molar-refractivity contribution in [3.8, 4) is 5.69 Å². The predicted octanol–water partition coefficient (Wildman–Crippen LogP) is 2.79. The van der Waals surface area contributed by atoms with E-state index in [1.807, 2.05) is 31.2 Å². The fraction of sp³-hybridized carbons (Fsp3) is 0.261. The number of fused-ring (bicyclic) bond motifs is 1. The lowest BCUT2D eigenvalue weighted by Crippen LogP contribution is -2.51. The first-order chi connectivity index (χ1) is 16.1. The third kappa shape index (κ3) is 4.21. The lowest BCUT2D eigenvalue weighted by molar-refractivity contribution is -0.129. The van der Waals surface area contributed by atoms with Gasteiger partial charge in [0, 0.05) is 26.2 Å². The van der Waals surface area contributed by atoms with Crippen LogP contribution in [0.1, 0.15) is 16.1 Å². The Labute approximate surface area is 194 Å². The monoisotopic (exact) mass is 462 g/mol. The molecule has 5 rings (SSSR count). The summed E-state index contributed by atoms with van der Waals surface area (Å²) in [4.78, 5) is 37.5. The molecule has 0 saturated carbocycles. The fourth-order valence-corrected chi connectivity index (χ4v) is 4.72. The minimum absolute atomic E-state index is 0.0168. The summed E-state index contributed by atoms with van der Waals surface area (Å²) < 4.78 is 6.99. The molecule has 1 aliphatic rings. The van der Waals surface area contributed by atoms with E-state index in [1.54, 1.807) is 32.8 Å². The van der Waals surface area contributed by atoms with Crippen LogP contribution in [0.5, 0.6) is 0 Å². The van der Waals surface area contributed by atoms with Crippen LogP contribution in [-0.4, -0.2) is 73.3 Å². The van der Waals surface area contributed by atoms with Crippen LogP contribution in [0.15, 0.2) is 64.6 Å². The first-order valence-corrected chi connectivity index (χ1v) is 11.6. The van der Waals surface area contributed by atoms with Crippen LogP contribution in [0.2, 0.25) is 0 Å². The van der Waals surface area contributed by atoms with Gasteiger partial charge in [0.05, 0.1) is 29.3 Å². The van der Waals surface area contributed by atoms with Crippen LogP contribution in [0.3, 0.4) is 0 Å². The van der Waals surface area contributed by atoms with Crippen LogP contribution in [0.4, 0.5) is 0 Å². The molecule has 1 aliphatic heterocycles. The van der Waals surface area contributed by atoms with Gasteiger partial charge in [0.25, 0.3) is 5.91 Å². The maximum Gasteiger partial charge on any atom is 0.289 e. The molecular weight excluding hydrogens is 440 g/mol. The van der Waals surface area contributed by atoms with Crippen molar-refractivity contribution >= 4 is 34.6 Å². The Hall–Kier alpha value is -3.66. The highest BCUT2D eigenvalue weighted by atomic mass is 32.2. The van der Waals surface area contributed by atoms with Crippen molar-refractivity contribution in [3.63, 3.8) is 0 Å². The van der Waals surface area contributed by atoms with Gasteiger partial charge in [-0.05, 0) is 30.7 Å². The number of nitrogens with zero attached hydrogens (tertiary/aromatic N) is 6. The van der Waals surface area contributed by atoms with Gasteiger partial charge < -0.3 is 14.2 Å². The Kier molecular flexibility index (Phi) is 5.82. The average molecular weight is 463 g/mol. The van der Waals surface area contributed by atoms with Crippen LogP contribution < -0.4 is 0 Å². The van der Waals surface area contributed by atoms with Crippen molar-refractivity contribution in [2.45, 2.75) is 11.9 Å². The SMILES string of the molecule is Cc1ccccc1-n1ncc2c(SCC(=O)N3CCN(C(=O)c4ccco4)CC3)ncnc21. The van der Waals surface area contributed by atoms with Crippen molar-refractivity contribution in [2.75, 3.05) is 31.9 Å². The van der Waals surface area contributed by atoms with Gasteiger partial charge in [-0.25, -0.2) is 14.6 Å². The third-order valence-corrected chi connectivity index (χ3v) is 6.65. The zero-order valence-corrected chi connectivity index (χ0v) is 18.9. The maximum atomic E-state index is 12.8. The third-order valence-electron chi connectivity index (χ3n) is 5.66. The van der Waals surface area contributed by atoms with Gasteiger partial charge in [0.15, 0.2) is 11.4 Å². The number of hydrogen-bond acceptors (Lipinski definition) is 7. The second-order valence-electron chi connectivity index (χ2n) is 7.70. The summed E-state index contributed by atoms with van der Waals surface area (Å²) >= 11 is 1.38. The second kappa shape index (κ2) is 9.07. The molecule has 4 heterocycles. The van der Waals surface area contributed by atoms with E-state index in [0.29, 0.717) is 37.6 Å². The molecule has 0 radical (unpaired) electrons. The summed E-state index contributed by atoms with van der Waals surface area (Å²) in [5.41, 5.74) is 2.76. The van der Waals surface area contributed by atoms with Crippen LogP contribution in [0.25, 0.3) is 16.7 Å². The van der Waals surface area contributed by atoms with Crippen molar-refractivity contribution in [1.29, 1.82) is 0 Å². The number of para-hydroxylation sites is 1. The molecule has 10 heteroatoms. The average Bonchev–Trinajstić information content (AvgIpc) is 3.53. The zero-order chi connectivity index (χ0) is 22.8. The number of aryl methyl sites for hydroxylation is 1. The molecule has 0 atom stereocenters. The van der Waals surface area contributed by atoms with E-state index < -0.39 is 0 Å². The number of amides is 2. The molecule has 3 aromatic heterocycles. The quantitative estimate of drug-likeness (QED) is 0.332. The van der Waals surface area contributed by atoms with Gasteiger partial charge in [0.1, 0.15) is 11.4 Å². The van der Waals surface area contributed by atoms with E-state index in [-0.39, 0.29) is 17.6 Å². The summed E-state index contributed by atoms with van der Waals surface area (Å²) in [7, 11) is 0. The molecule has 168 valence electrons. The van der Waals surface area contributed by atoms with Crippen molar-refractivity contribution in [1.82, 2.24) is 29.5 Å². The fourth-order valence-electron chi connectivity index (χ4n) is 3.85. The van der Waals surface area contributed by atoms with Gasteiger partial charge in [0.2, 0.25) is 5.91 Å². The van der Waals surface area contributed by atoms with E-state index in [2.05, 4.69) is 15.1 Å². The van der Waals surface area contributed by atoms with E-state index >= 15 is 0 Å². The molecule has 9 nitrogen and oxygen atoms in total. The number of rotatable bonds is 5. The number of thioether (sulfide) groups is 1. The van der Waals surface area contributed by atoms with Crippen molar-refractivity contribution in [2.24, 2.45) is 0 Å². The number of piperazine rings is 1. The molecule has 0 unspecified atom stereocenters. The molecule has 0 aliphatic carbocycles. The van der Waals surface area contributed by atoms with Crippen LogP contribution in [0, 0.1) is 6.92 Å². The van der Waals surface area contributed by atoms with E-state index in [1.165, 1.54) is 24.4 Å². The lowest BCUT2D eigenvalue weighted by atomic mass is 10.2. The van der Waals surface area contributed by atoms with E-state index in [9.17, 15) is 9.59 Å². The van der Waals surface area contributed by atoms with Gasteiger partial charge in [-0.2, -0.15) is 5.10 Å². The first-order valence-electron chi connectivity index (χ1n) is 10.6. The van der Waals surface area contributed by atoms with E-state index in [0.717, 1.165) is 21.7 Å². The smallest absolute Gasteiger partial charge is 0.289 e. The van der Waals surface area contributed by atoms with Gasteiger partial charge in [-0.1, -0.05) is 30.0 Å². The highest BCUT2D eigenvalue weighted by molar-refractivity contribution is 8.00. The minimum atomic E-state index is -0.143. The number of carbonyl (C=O) groups excluding carboxylic acids is 2. The Morgan fingerprint density at radius 3 is 2.58 bits per heavy atom. The largest absolute Gasteiger partial charge is 0.459 e. The summed E-state index contributed by atoms with van der Waals surface area (Å²) in [6.45, 7) is 3.99. The number of benzene rings is 1. The second-order valence-corrected chi connectivity index (χ2v) is 8.66. The highest BCUT2D eigenvalue weighted by Crippen LogP contribution is 2.27. The molecule has 1 aromatic carbocycles. The van der Waals surface area contributed by atoms with Gasteiger partial charge >= 0.3 is 0 Å². The first kappa shape index (κ1) is 21.2. The zero-order valence-electron chi connectivity index (χ0n) is 18.0. The Balaban J connectivity index is 1.23. The van der Waals surface area contributed by atoms with E-state index in [4.69, 9.17) is 4.42 Å². The lowest BCUT2D eigenvalue weighted by Gasteiger charge is -2.34. The molecule has 2 amide bonds. The number of hydrogen-bond donors (Lipinski definition) is 0. The number of aromatic nitrogens is 4. The normalized spacial score (nSPS) is 14.1. The van der Waals surface area contributed by atoms with Gasteiger partial charge in [-0.3, -0.25) is 9.59 Å². The Morgan fingerprint density at radius 1 is 1.03 bits per heavy atom. The summed E-state index contributed by atoms with van der Waals surface area (Å²) in [6.07, 6.45) is 4.73. The van der Waals surface area contributed by atoms with Crippen LogP contribution >= 0.6 is 11.8 Å². The molecule has 4 aromatic rings. The number of furan rings is 1. The highest BCUT2D eigenvalue weighted by Gasteiger charge is 2.26. The summed E-state index contributed by atoms with van der Waals surface area (Å²) in [5, 5.41) is 6.04. The number of carbonyl (C=O) groups is 2. The maximum absolute atomic E-state index is 12.8. The molecule has 1 saturated heterocycles. The topological polar surface area (TPSA) is 97.4 Å². The molecule has 0 N–H and O–H groups in total. The summed E-state index contributed by atoms with van der Waals surface area (Å²) in [5.74, 6) is 0.455. The Bertz CT molecular complexity index is 1290. The standard InChI is InChI=1S/C23H22N6O3S/c1-16-5-2-3-6-18(16)29-21-17(13-26-29)22(25-15-24-21)33-14-20(30)27-8-10-28(11-9-27)23(31)19-7-4-12-32-19/h2-7,12-13,15H,8-11,14H2,1H3. The Morgan fingerprint density at radius 2 is 1.82 bits per heavy atom. The van der Waals surface area contributed by atoms with Crippen molar-refractivity contribution in [3.05, 3.63) is 66.5 Å². The minimum Gasteiger partial charge on any atom is -0.459 e. The molecule has 0 bridgehead atoms. The van der Waals surface area contributed by atoms with Crippen LogP contribution in [-0.2, 0) is 4.79 Å².